The van der Waals surface area contributed by atoms with Gasteiger partial charge in [-0.15, -0.1) is 5.10 Å². The summed E-state index contributed by atoms with van der Waals surface area (Å²) in [5.41, 5.74) is -0.253. The van der Waals surface area contributed by atoms with Gasteiger partial charge in [-0.05, 0) is 44.2 Å². The summed E-state index contributed by atoms with van der Waals surface area (Å²) >= 11 is 0. The van der Waals surface area contributed by atoms with Gasteiger partial charge in [0.15, 0.2) is 0 Å². The van der Waals surface area contributed by atoms with E-state index >= 15 is 0 Å². The molecule has 1 amide bonds. The van der Waals surface area contributed by atoms with Gasteiger partial charge in [-0.3, -0.25) is 9.48 Å². The number of hydrogen-bond acceptors (Lipinski definition) is 6. The van der Waals surface area contributed by atoms with Gasteiger partial charge in [0.25, 0.3) is 5.91 Å². The van der Waals surface area contributed by atoms with Gasteiger partial charge in [0.05, 0.1) is 30.5 Å². The number of amides is 1. The number of carbonyl (C=O) groups is 1. The Balaban J connectivity index is 1.29. The largest absolute Gasteiger partial charge is 0.394 e. The van der Waals surface area contributed by atoms with E-state index < -0.39 is 23.4 Å². The molecule has 1 saturated carbocycles. The molecular weight excluding hydrogens is 403 g/mol. The van der Waals surface area contributed by atoms with Crippen molar-refractivity contribution in [1.82, 2.24) is 20.3 Å². The zero-order chi connectivity index (χ0) is 21.8. The number of nitrogens with one attached hydrogen (secondary N) is 1. The Morgan fingerprint density at radius 1 is 1.29 bits per heavy atom. The maximum absolute atomic E-state index is 13.9. The van der Waals surface area contributed by atoms with Crippen LogP contribution in [0.3, 0.4) is 0 Å². The van der Waals surface area contributed by atoms with Crippen molar-refractivity contribution in [2.45, 2.75) is 75.3 Å². The van der Waals surface area contributed by atoms with Gasteiger partial charge in [-0.1, -0.05) is 30.2 Å². The van der Waals surface area contributed by atoms with E-state index in [1.807, 2.05) is 0 Å². The molecule has 9 heteroatoms. The molecule has 1 aromatic heterocycles. The van der Waals surface area contributed by atoms with Crippen LogP contribution in [0.2, 0.25) is 0 Å². The van der Waals surface area contributed by atoms with Crippen molar-refractivity contribution in [3.05, 3.63) is 47.5 Å². The standard InChI is InChI=1S/C22H29FN4O4/c23-17-6-2-1-5-16(17)21(29)24-18-8-7-15(31-19(18)14-28)9-12-27-13-20(25-26-27)22(30)10-3-4-11-22/h1-2,5-6,13,15,18-19,28,30H,3-4,7-12,14H2,(H,24,29)/t15-,18-,19-/m1/s1. The lowest BCUT2D eigenvalue weighted by atomic mass is 9.96. The molecule has 8 nitrogen and oxygen atoms in total. The number of aliphatic hydroxyl groups is 2. The zero-order valence-corrected chi connectivity index (χ0v) is 17.4. The number of nitrogens with zero attached hydrogens (tertiary/aromatic N) is 3. The summed E-state index contributed by atoms with van der Waals surface area (Å²) in [6, 6.07) is 5.42. The number of aromatic nitrogens is 3. The maximum Gasteiger partial charge on any atom is 0.254 e. The van der Waals surface area contributed by atoms with E-state index in [0.717, 1.165) is 25.7 Å². The Morgan fingerprint density at radius 2 is 2.06 bits per heavy atom. The van der Waals surface area contributed by atoms with Crippen LogP contribution in [0.1, 0.15) is 61.0 Å². The molecule has 1 saturated heterocycles. The van der Waals surface area contributed by atoms with Gasteiger partial charge in [0.1, 0.15) is 23.2 Å². The van der Waals surface area contributed by atoms with E-state index in [4.69, 9.17) is 4.74 Å². The summed E-state index contributed by atoms with van der Waals surface area (Å²) in [4.78, 5) is 12.4. The van der Waals surface area contributed by atoms with Crippen LogP contribution in [0.15, 0.2) is 30.5 Å². The van der Waals surface area contributed by atoms with Crippen molar-refractivity contribution < 1.29 is 24.1 Å². The van der Waals surface area contributed by atoms with E-state index in [0.29, 0.717) is 31.5 Å². The van der Waals surface area contributed by atoms with Gasteiger partial charge in [0.2, 0.25) is 0 Å². The number of ether oxygens (including phenoxy) is 1. The van der Waals surface area contributed by atoms with Crippen molar-refractivity contribution in [2.24, 2.45) is 0 Å². The number of rotatable bonds is 7. The minimum Gasteiger partial charge on any atom is -0.394 e. The third-order valence-corrected chi connectivity index (χ3v) is 6.36. The monoisotopic (exact) mass is 432 g/mol. The Morgan fingerprint density at radius 3 is 2.81 bits per heavy atom. The highest BCUT2D eigenvalue weighted by Crippen LogP contribution is 2.37. The number of benzene rings is 1. The second kappa shape index (κ2) is 9.42. The molecule has 0 unspecified atom stereocenters. The fraction of sp³-hybridized carbons (Fsp3) is 0.591. The second-order valence-corrected chi connectivity index (χ2v) is 8.51. The summed E-state index contributed by atoms with van der Waals surface area (Å²) in [5.74, 6) is -1.09. The van der Waals surface area contributed by atoms with E-state index in [2.05, 4.69) is 15.6 Å². The molecule has 1 aliphatic carbocycles. The Hall–Kier alpha value is -2.36. The molecule has 1 aliphatic heterocycles. The molecule has 0 spiro atoms. The highest BCUT2D eigenvalue weighted by molar-refractivity contribution is 5.94. The summed E-state index contributed by atoms with van der Waals surface area (Å²) < 4.78 is 21.6. The first-order chi connectivity index (χ1) is 15.0. The molecule has 2 heterocycles. The first-order valence-electron chi connectivity index (χ1n) is 10.9. The van der Waals surface area contributed by atoms with Crippen molar-refractivity contribution in [1.29, 1.82) is 0 Å². The number of carbonyl (C=O) groups excluding carboxylic acids is 1. The van der Waals surface area contributed by atoms with Gasteiger partial charge in [0, 0.05) is 6.54 Å². The van der Waals surface area contributed by atoms with Crippen molar-refractivity contribution in [2.75, 3.05) is 6.61 Å². The van der Waals surface area contributed by atoms with Gasteiger partial charge in [-0.2, -0.15) is 0 Å². The topological polar surface area (TPSA) is 110 Å². The fourth-order valence-electron chi connectivity index (χ4n) is 4.51. The summed E-state index contributed by atoms with van der Waals surface area (Å²) in [6.07, 6.45) is 6.57. The third kappa shape index (κ3) is 4.94. The molecule has 0 radical (unpaired) electrons. The van der Waals surface area contributed by atoms with Gasteiger partial charge >= 0.3 is 0 Å². The predicted octanol–water partition coefficient (Wildman–Crippen LogP) is 1.91. The Bertz CT molecular complexity index is 899. The Labute approximate surface area is 180 Å². The highest BCUT2D eigenvalue weighted by Gasteiger charge is 2.36. The number of hydrogen-bond donors (Lipinski definition) is 3. The van der Waals surface area contributed by atoms with Crippen LogP contribution in [0, 0.1) is 5.82 Å². The van der Waals surface area contributed by atoms with Crippen LogP contribution in [0.4, 0.5) is 4.39 Å². The van der Waals surface area contributed by atoms with E-state index in [-0.39, 0.29) is 24.3 Å². The Kier molecular flexibility index (Phi) is 6.64. The molecule has 1 aromatic carbocycles. The molecule has 2 aliphatic rings. The van der Waals surface area contributed by atoms with E-state index in [1.165, 1.54) is 18.2 Å². The van der Waals surface area contributed by atoms with Crippen LogP contribution >= 0.6 is 0 Å². The van der Waals surface area contributed by atoms with E-state index in [1.54, 1.807) is 16.9 Å². The van der Waals surface area contributed by atoms with Crippen LogP contribution < -0.4 is 5.32 Å². The summed E-state index contributed by atoms with van der Waals surface area (Å²) in [5, 5.41) is 31.5. The quantitative estimate of drug-likeness (QED) is 0.617. The number of aryl methyl sites for hydroxylation is 1. The lowest BCUT2D eigenvalue weighted by molar-refractivity contribution is -0.0912. The maximum atomic E-state index is 13.9. The second-order valence-electron chi connectivity index (χ2n) is 8.51. The lowest BCUT2D eigenvalue weighted by Gasteiger charge is -2.36. The molecule has 0 bridgehead atoms. The number of aliphatic hydroxyl groups excluding tert-OH is 1. The minimum absolute atomic E-state index is 0.0211. The molecule has 2 aromatic rings. The molecule has 168 valence electrons. The normalized spacial score (nSPS) is 25.5. The van der Waals surface area contributed by atoms with Crippen molar-refractivity contribution in [3.8, 4) is 0 Å². The molecule has 4 rings (SSSR count). The lowest BCUT2D eigenvalue weighted by Crippen LogP contribution is -2.51. The van der Waals surface area contributed by atoms with Crippen LogP contribution in [0.5, 0.6) is 0 Å². The first kappa shape index (κ1) is 21.9. The minimum atomic E-state index is -0.856. The smallest absolute Gasteiger partial charge is 0.254 e. The highest BCUT2D eigenvalue weighted by atomic mass is 19.1. The molecule has 3 atom stereocenters. The fourth-order valence-corrected chi connectivity index (χ4v) is 4.51. The summed E-state index contributed by atoms with van der Waals surface area (Å²) in [6.45, 7) is 0.345. The average Bonchev–Trinajstić information content (AvgIpc) is 3.43. The van der Waals surface area contributed by atoms with E-state index in [9.17, 15) is 19.4 Å². The van der Waals surface area contributed by atoms with Crippen molar-refractivity contribution >= 4 is 5.91 Å². The molecule has 3 N–H and O–H groups in total. The van der Waals surface area contributed by atoms with Crippen LogP contribution in [-0.4, -0.2) is 56.0 Å². The van der Waals surface area contributed by atoms with Gasteiger partial charge in [-0.25, -0.2) is 4.39 Å². The van der Waals surface area contributed by atoms with Gasteiger partial charge < -0.3 is 20.3 Å². The van der Waals surface area contributed by atoms with Crippen LogP contribution in [0.25, 0.3) is 0 Å². The number of halogens is 1. The summed E-state index contributed by atoms with van der Waals surface area (Å²) in [7, 11) is 0. The third-order valence-electron chi connectivity index (χ3n) is 6.36. The molecule has 31 heavy (non-hydrogen) atoms. The molecule has 2 fully saturated rings. The molecular formula is C22H29FN4O4. The predicted molar refractivity (Wildman–Crippen MR) is 110 cm³/mol. The first-order valence-corrected chi connectivity index (χ1v) is 10.9. The zero-order valence-electron chi connectivity index (χ0n) is 17.4. The van der Waals surface area contributed by atoms with Crippen LogP contribution in [-0.2, 0) is 16.9 Å². The SMILES string of the molecule is O=C(N[C@@H]1CC[C@H](CCn2cc(C3(O)CCCC3)nn2)O[C@@H]1CO)c1ccccc1F. The average molecular weight is 432 g/mol. The van der Waals surface area contributed by atoms with Crippen molar-refractivity contribution in [3.63, 3.8) is 0 Å².